The van der Waals surface area contributed by atoms with Crippen LogP contribution < -0.4 is 5.32 Å². The van der Waals surface area contributed by atoms with Crippen molar-refractivity contribution in [2.45, 2.75) is 25.9 Å². The Bertz CT molecular complexity index is 670. The minimum absolute atomic E-state index is 0.0193. The summed E-state index contributed by atoms with van der Waals surface area (Å²) in [5.74, 6) is 0. The first-order valence-electron chi connectivity index (χ1n) is 7.37. The van der Waals surface area contributed by atoms with Gasteiger partial charge < -0.3 is 20.3 Å². The highest BCUT2D eigenvalue weighted by atomic mass is 32.1. The highest BCUT2D eigenvalue weighted by Gasteiger charge is 2.40. The third kappa shape index (κ3) is 2.60. The van der Waals surface area contributed by atoms with Gasteiger partial charge in [0.2, 0.25) is 0 Å². The number of pyridine rings is 1. The molecule has 1 saturated heterocycles. The second kappa shape index (κ2) is 6.06. The van der Waals surface area contributed by atoms with Crippen molar-refractivity contribution < 1.29 is 5.11 Å². The number of hydrogen-bond acceptors (Lipinski definition) is 3. The molecule has 0 aliphatic carbocycles. The van der Waals surface area contributed by atoms with E-state index >= 15 is 0 Å². The summed E-state index contributed by atoms with van der Waals surface area (Å²) in [5, 5.41) is 13.4. The van der Waals surface area contributed by atoms with E-state index in [1.807, 2.05) is 30.0 Å². The number of aromatic nitrogens is 2. The number of nitrogens with zero attached hydrogens (tertiary/aromatic N) is 2. The summed E-state index contributed by atoms with van der Waals surface area (Å²) in [6.07, 6.45) is 1.79. The molecule has 0 saturated carbocycles. The topological polar surface area (TPSA) is 64.2 Å². The van der Waals surface area contributed by atoms with Crippen molar-refractivity contribution >= 4 is 17.3 Å². The highest BCUT2D eigenvalue weighted by Crippen LogP contribution is 2.39. The van der Waals surface area contributed by atoms with Gasteiger partial charge in [-0.1, -0.05) is 6.07 Å². The highest BCUT2D eigenvalue weighted by molar-refractivity contribution is 7.80. The average Bonchev–Trinajstić information content (AvgIpc) is 3.00. The Labute approximate surface area is 135 Å². The van der Waals surface area contributed by atoms with Gasteiger partial charge in [-0.2, -0.15) is 0 Å². The Morgan fingerprint density at radius 3 is 2.77 bits per heavy atom. The predicted octanol–water partition coefficient (Wildman–Crippen LogP) is 1.99. The monoisotopic (exact) mass is 316 g/mol. The molecular formula is C16H20N4OS. The molecule has 0 bridgehead atoms. The van der Waals surface area contributed by atoms with Crippen molar-refractivity contribution in [3.63, 3.8) is 0 Å². The average molecular weight is 316 g/mol. The van der Waals surface area contributed by atoms with Crippen molar-refractivity contribution in [1.82, 2.24) is 20.2 Å². The van der Waals surface area contributed by atoms with Crippen molar-refractivity contribution in [2.75, 3.05) is 13.2 Å². The first-order chi connectivity index (χ1) is 10.6. The number of aryl methyl sites for hydroxylation is 2. The number of hydrogen-bond donors (Lipinski definition) is 3. The van der Waals surface area contributed by atoms with Crippen LogP contribution in [0.1, 0.15) is 34.7 Å². The molecule has 3 rings (SSSR count). The van der Waals surface area contributed by atoms with Gasteiger partial charge >= 0.3 is 0 Å². The Morgan fingerprint density at radius 2 is 2.18 bits per heavy atom. The van der Waals surface area contributed by atoms with E-state index in [0.29, 0.717) is 11.7 Å². The molecule has 3 heterocycles. The molecule has 22 heavy (non-hydrogen) atoms. The molecule has 2 atom stereocenters. The Hall–Kier alpha value is -1.92. The number of aromatic amines is 1. The zero-order chi connectivity index (χ0) is 15.7. The molecule has 1 fully saturated rings. The lowest BCUT2D eigenvalue weighted by Crippen LogP contribution is -2.32. The molecule has 5 nitrogen and oxygen atoms in total. The molecule has 0 radical (unpaired) electrons. The minimum atomic E-state index is -0.0193. The zero-order valence-electron chi connectivity index (χ0n) is 12.7. The molecule has 1 aliphatic heterocycles. The maximum atomic E-state index is 9.39. The summed E-state index contributed by atoms with van der Waals surface area (Å²) in [6.45, 7) is 4.68. The van der Waals surface area contributed by atoms with E-state index in [1.54, 1.807) is 6.20 Å². The summed E-state index contributed by atoms with van der Waals surface area (Å²) in [4.78, 5) is 9.88. The number of nitrogens with one attached hydrogen (secondary N) is 2. The van der Waals surface area contributed by atoms with Gasteiger partial charge in [-0.05, 0) is 49.8 Å². The number of H-pyrrole nitrogens is 1. The summed E-state index contributed by atoms with van der Waals surface area (Å²) in [6, 6.07) is 8.05. The Balaban J connectivity index is 2.05. The van der Waals surface area contributed by atoms with E-state index in [2.05, 4.69) is 28.3 Å². The van der Waals surface area contributed by atoms with Crippen LogP contribution in [-0.4, -0.2) is 38.2 Å². The predicted molar refractivity (Wildman–Crippen MR) is 89.5 cm³/mol. The van der Waals surface area contributed by atoms with Gasteiger partial charge in [-0.3, -0.25) is 4.98 Å². The summed E-state index contributed by atoms with van der Waals surface area (Å²) < 4.78 is 0. The van der Waals surface area contributed by atoms with Crippen molar-refractivity contribution in [3.05, 3.63) is 53.1 Å². The van der Waals surface area contributed by atoms with Crippen LogP contribution in [-0.2, 0) is 0 Å². The number of β-amino-alcohol motifs (C(OH)–C–C–N with tert-alkyl or cyclic N) is 1. The number of thiocarbonyl (C=S) groups is 1. The maximum absolute atomic E-state index is 9.39. The van der Waals surface area contributed by atoms with Crippen LogP contribution >= 0.6 is 12.2 Å². The third-order valence-corrected chi connectivity index (χ3v) is 4.40. The molecule has 3 N–H and O–H groups in total. The fourth-order valence-corrected chi connectivity index (χ4v) is 3.48. The molecule has 1 aliphatic rings. The molecule has 0 unspecified atom stereocenters. The van der Waals surface area contributed by atoms with Gasteiger partial charge in [0.1, 0.15) is 0 Å². The molecule has 0 spiro atoms. The van der Waals surface area contributed by atoms with Gasteiger partial charge in [-0.25, -0.2) is 0 Å². The van der Waals surface area contributed by atoms with Gasteiger partial charge in [0.25, 0.3) is 0 Å². The van der Waals surface area contributed by atoms with Gasteiger partial charge in [-0.15, -0.1) is 0 Å². The van der Waals surface area contributed by atoms with E-state index in [-0.39, 0.29) is 18.7 Å². The zero-order valence-corrected chi connectivity index (χ0v) is 13.5. The maximum Gasteiger partial charge on any atom is 0.170 e. The van der Waals surface area contributed by atoms with Crippen LogP contribution in [0.5, 0.6) is 0 Å². The fourth-order valence-electron chi connectivity index (χ4n) is 3.15. The quantitative estimate of drug-likeness (QED) is 0.753. The summed E-state index contributed by atoms with van der Waals surface area (Å²) in [7, 11) is 0. The number of aliphatic hydroxyl groups is 1. The molecule has 116 valence electrons. The molecule has 6 heteroatoms. The van der Waals surface area contributed by atoms with Crippen LogP contribution in [0.4, 0.5) is 0 Å². The van der Waals surface area contributed by atoms with Crippen LogP contribution in [0.15, 0.2) is 30.5 Å². The van der Waals surface area contributed by atoms with Crippen LogP contribution in [0.2, 0.25) is 0 Å². The second-order valence-electron chi connectivity index (χ2n) is 5.58. The fraction of sp³-hybridized carbons (Fsp3) is 0.375. The van der Waals surface area contributed by atoms with Gasteiger partial charge in [0.15, 0.2) is 5.11 Å². The van der Waals surface area contributed by atoms with Crippen LogP contribution in [0.25, 0.3) is 0 Å². The second-order valence-corrected chi connectivity index (χ2v) is 5.96. The molecule has 2 aromatic rings. The minimum Gasteiger partial charge on any atom is -0.395 e. The lowest BCUT2D eigenvalue weighted by Gasteiger charge is -2.27. The first-order valence-corrected chi connectivity index (χ1v) is 7.77. The van der Waals surface area contributed by atoms with Gasteiger partial charge in [0.05, 0.1) is 24.4 Å². The Kier molecular flexibility index (Phi) is 4.13. The number of aliphatic hydroxyl groups excluding tert-OH is 1. The molecule has 0 amide bonds. The number of rotatable bonds is 4. The lowest BCUT2D eigenvalue weighted by molar-refractivity contribution is 0.223. The van der Waals surface area contributed by atoms with Crippen molar-refractivity contribution in [3.8, 4) is 0 Å². The summed E-state index contributed by atoms with van der Waals surface area (Å²) >= 11 is 5.48. The third-order valence-electron chi connectivity index (χ3n) is 4.05. The normalized spacial score (nSPS) is 21.2. The van der Waals surface area contributed by atoms with Gasteiger partial charge in [0, 0.05) is 24.1 Å². The molecular weight excluding hydrogens is 296 g/mol. The van der Waals surface area contributed by atoms with E-state index in [9.17, 15) is 5.11 Å². The first kappa shape index (κ1) is 15.0. The van der Waals surface area contributed by atoms with E-state index < -0.39 is 0 Å². The standard InChI is InChI=1S/C16H20N4OS/c1-10-9-12(11(2)18-10)15-14(13-5-3-4-6-17-13)19-16(22)20(15)7-8-21/h3-6,9,14-15,18,21H,7-8H2,1-2H3,(H,19,22)/t14-,15-/m0/s1. The largest absolute Gasteiger partial charge is 0.395 e. The van der Waals surface area contributed by atoms with Crippen LogP contribution in [0.3, 0.4) is 0 Å². The van der Waals surface area contributed by atoms with E-state index in [4.69, 9.17) is 12.2 Å². The summed E-state index contributed by atoms with van der Waals surface area (Å²) in [5.41, 5.74) is 4.38. The van der Waals surface area contributed by atoms with Crippen molar-refractivity contribution in [2.24, 2.45) is 0 Å². The SMILES string of the molecule is Cc1cc([C@H]2[C@H](c3ccccn3)NC(=S)N2CCO)c(C)[nH]1. The molecule has 2 aromatic heterocycles. The smallest absolute Gasteiger partial charge is 0.170 e. The van der Waals surface area contributed by atoms with E-state index in [0.717, 1.165) is 17.1 Å². The lowest BCUT2D eigenvalue weighted by atomic mass is 9.97. The van der Waals surface area contributed by atoms with E-state index in [1.165, 1.54) is 5.56 Å². The van der Waals surface area contributed by atoms with Crippen LogP contribution in [0, 0.1) is 13.8 Å². The Morgan fingerprint density at radius 1 is 1.36 bits per heavy atom. The van der Waals surface area contributed by atoms with Crippen molar-refractivity contribution in [1.29, 1.82) is 0 Å². The molecule has 0 aromatic carbocycles.